The maximum Gasteiger partial charge on any atom is 0.336 e. The lowest BCUT2D eigenvalue weighted by Gasteiger charge is -2.18. The predicted octanol–water partition coefficient (Wildman–Crippen LogP) is 2.55. The Morgan fingerprint density at radius 2 is 1.72 bits per heavy atom. The van der Waals surface area contributed by atoms with Crippen molar-refractivity contribution in [2.75, 3.05) is 6.54 Å². The van der Waals surface area contributed by atoms with Gasteiger partial charge in [0.2, 0.25) is 0 Å². The third-order valence-corrected chi connectivity index (χ3v) is 2.56. The van der Waals surface area contributed by atoms with Gasteiger partial charge in [-0.2, -0.15) is 0 Å². The van der Waals surface area contributed by atoms with E-state index in [0.29, 0.717) is 6.54 Å². The Kier molecular flexibility index (Phi) is 4.48. The Morgan fingerprint density at radius 1 is 1.17 bits per heavy atom. The van der Waals surface area contributed by atoms with Gasteiger partial charge < -0.3 is 10.4 Å². The second-order valence-corrected chi connectivity index (χ2v) is 5.42. The molecule has 0 radical (unpaired) electrons. The minimum Gasteiger partial charge on any atom is -0.478 e. The maximum absolute atomic E-state index is 11.9. The lowest BCUT2D eigenvalue weighted by Crippen LogP contribution is -2.28. The summed E-state index contributed by atoms with van der Waals surface area (Å²) in [6, 6.07) is 6.22. The molecule has 2 N–H and O–H groups in total. The van der Waals surface area contributed by atoms with Crippen molar-refractivity contribution in [1.82, 2.24) is 5.32 Å². The first kappa shape index (κ1) is 14.2. The van der Waals surface area contributed by atoms with Crippen molar-refractivity contribution in [3.8, 4) is 0 Å². The van der Waals surface area contributed by atoms with Gasteiger partial charge in [0.15, 0.2) is 0 Å². The van der Waals surface area contributed by atoms with E-state index in [-0.39, 0.29) is 22.4 Å². The van der Waals surface area contributed by atoms with E-state index >= 15 is 0 Å². The van der Waals surface area contributed by atoms with Crippen molar-refractivity contribution >= 4 is 11.9 Å². The van der Waals surface area contributed by atoms with Crippen molar-refractivity contribution in [3.05, 3.63) is 35.4 Å². The van der Waals surface area contributed by atoms with Gasteiger partial charge in [-0.05, 0) is 24.0 Å². The maximum atomic E-state index is 11.9. The second kappa shape index (κ2) is 5.67. The first-order valence-corrected chi connectivity index (χ1v) is 5.92. The van der Waals surface area contributed by atoms with Gasteiger partial charge in [0, 0.05) is 6.54 Å². The third-order valence-electron chi connectivity index (χ3n) is 2.56. The van der Waals surface area contributed by atoms with Crippen molar-refractivity contribution in [3.63, 3.8) is 0 Å². The summed E-state index contributed by atoms with van der Waals surface area (Å²) in [7, 11) is 0. The molecule has 0 unspecified atom stereocenters. The molecule has 0 fully saturated rings. The molecular formula is C14H19NO3. The highest BCUT2D eigenvalue weighted by Crippen LogP contribution is 2.17. The Morgan fingerprint density at radius 3 is 2.22 bits per heavy atom. The Balaban J connectivity index is 2.70. The van der Waals surface area contributed by atoms with Gasteiger partial charge in [0.05, 0.1) is 11.1 Å². The molecule has 18 heavy (non-hydrogen) atoms. The molecule has 0 saturated heterocycles. The lowest BCUT2D eigenvalue weighted by atomic mass is 9.92. The number of carboxylic acid groups (broad SMARTS) is 1. The molecule has 1 aromatic rings. The molecule has 0 aromatic heterocycles. The second-order valence-electron chi connectivity index (χ2n) is 5.42. The number of hydrogen-bond donors (Lipinski definition) is 2. The minimum atomic E-state index is -1.09. The van der Waals surface area contributed by atoms with Crippen LogP contribution in [0.2, 0.25) is 0 Å². The van der Waals surface area contributed by atoms with Crippen LogP contribution in [0.1, 0.15) is 47.9 Å². The van der Waals surface area contributed by atoms with Crippen LogP contribution in [0.4, 0.5) is 0 Å². The smallest absolute Gasteiger partial charge is 0.336 e. The van der Waals surface area contributed by atoms with Crippen LogP contribution in [0.5, 0.6) is 0 Å². The summed E-state index contributed by atoms with van der Waals surface area (Å²) in [5.74, 6) is -1.42. The predicted molar refractivity (Wildman–Crippen MR) is 69.8 cm³/mol. The summed E-state index contributed by atoms with van der Waals surface area (Å²) < 4.78 is 0. The summed E-state index contributed by atoms with van der Waals surface area (Å²) in [6.07, 6.45) is 0.841. The first-order chi connectivity index (χ1) is 8.31. The average molecular weight is 249 g/mol. The molecule has 1 amide bonds. The average Bonchev–Trinajstić information content (AvgIpc) is 2.27. The van der Waals surface area contributed by atoms with Gasteiger partial charge in [0.25, 0.3) is 5.91 Å². The number of nitrogens with one attached hydrogen (secondary N) is 1. The third kappa shape index (κ3) is 4.20. The summed E-state index contributed by atoms with van der Waals surface area (Å²) in [6.45, 7) is 6.80. The van der Waals surface area contributed by atoms with Gasteiger partial charge in [-0.15, -0.1) is 0 Å². The van der Waals surface area contributed by atoms with Gasteiger partial charge in [-0.1, -0.05) is 32.9 Å². The highest BCUT2D eigenvalue weighted by atomic mass is 16.4. The highest BCUT2D eigenvalue weighted by molar-refractivity contribution is 6.04. The van der Waals surface area contributed by atoms with Gasteiger partial charge in [-0.25, -0.2) is 4.79 Å². The minimum absolute atomic E-state index is 0.0331. The quantitative estimate of drug-likeness (QED) is 0.861. The molecular weight excluding hydrogens is 230 g/mol. The monoisotopic (exact) mass is 249 g/mol. The van der Waals surface area contributed by atoms with Gasteiger partial charge in [0.1, 0.15) is 0 Å². The van der Waals surface area contributed by atoms with Crippen molar-refractivity contribution in [2.24, 2.45) is 5.41 Å². The first-order valence-electron chi connectivity index (χ1n) is 5.92. The van der Waals surface area contributed by atoms with Crippen LogP contribution in [0.25, 0.3) is 0 Å². The highest BCUT2D eigenvalue weighted by Gasteiger charge is 2.16. The zero-order valence-corrected chi connectivity index (χ0v) is 11.0. The summed E-state index contributed by atoms with van der Waals surface area (Å²) in [5.41, 5.74) is 0.379. The number of benzene rings is 1. The largest absolute Gasteiger partial charge is 0.478 e. The zero-order valence-electron chi connectivity index (χ0n) is 11.0. The number of aromatic carboxylic acids is 1. The van der Waals surface area contributed by atoms with Crippen LogP contribution in [0.15, 0.2) is 24.3 Å². The number of amides is 1. The van der Waals surface area contributed by atoms with E-state index in [1.165, 1.54) is 12.1 Å². The fourth-order valence-electron chi connectivity index (χ4n) is 1.51. The van der Waals surface area contributed by atoms with Crippen LogP contribution < -0.4 is 5.32 Å². The van der Waals surface area contributed by atoms with E-state index in [1.54, 1.807) is 12.1 Å². The molecule has 0 bridgehead atoms. The van der Waals surface area contributed by atoms with Crippen molar-refractivity contribution in [1.29, 1.82) is 0 Å². The zero-order chi connectivity index (χ0) is 13.8. The van der Waals surface area contributed by atoms with Crippen LogP contribution in [0, 0.1) is 5.41 Å². The van der Waals surface area contributed by atoms with Gasteiger partial charge >= 0.3 is 5.97 Å². The molecule has 1 rings (SSSR count). The molecule has 4 nitrogen and oxygen atoms in total. The topological polar surface area (TPSA) is 66.4 Å². The molecule has 1 aromatic carbocycles. The van der Waals surface area contributed by atoms with E-state index in [2.05, 4.69) is 26.1 Å². The number of rotatable bonds is 4. The van der Waals surface area contributed by atoms with Crippen LogP contribution in [0.3, 0.4) is 0 Å². The number of carbonyl (C=O) groups excluding carboxylic acids is 1. The van der Waals surface area contributed by atoms with E-state index in [9.17, 15) is 9.59 Å². The fraction of sp³-hybridized carbons (Fsp3) is 0.429. The normalized spacial score (nSPS) is 11.1. The van der Waals surface area contributed by atoms with Crippen molar-refractivity contribution in [2.45, 2.75) is 27.2 Å². The SMILES string of the molecule is CC(C)(C)CCNC(=O)c1ccccc1C(=O)O. The molecule has 0 aliphatic heterocycles. The van der Waals surface area contributed by atoms with E-state index in [4.69, 9.17) is 5.11 Å². The molecule has 0 aliphatic carbocycles. The van der Waals surface area contributed by atoms with Gasteiger partial charge in [-0.3, -0.25) is 4.79 Å². The summed E-state index contributed by atoms with van der Waals surface area (Å²) >= 11 is 0. The number of carbonyl (C=O) groups is 2. The summed E-state index contributed by atoms with van der Waals surface area (Å²) in [4.78, 5) is 22.9. The van der Waals surface area contributed by atoms with Crippen LogP contribution in [-0.4, -0.2) is 23.5 Å². The summed E-state index contributed by atoms with van der Waals surface area (Å²) in [5, 5.41) is 11.7. The van der Waals surface area contributed by atoms with E-state index < -0.39 is 5.97 Å². The van der Waals surface area contributed by atoms with Crippen LogP contribution in [-0.2, 0) is 0 Å². The molecule has 98 valence electrons. The fourth-order valence-corrected chi connectivity index (χ4v) is 1.51. The van der Waals surface area contributed by atoms with Crippen molar-refractivity contribution < 1.29 is 14.7 Å². The van der Waals surface area contributed by atoms with Crippen LogP contribution >= 0.6 is 0 Å². The molecule has 0 saturated carbocycles. The Bertz CT molecular complexity index is 447. The molecule has 0 atom stereocenters. The Hall–Kier alpha value is -1.84. The molecule has 4 heteroatoms. The van der Waals surface area contributed by atoms with E-state index in [1.807, 2.05) is 0 Å². The Labute approximate surface area is 107 Å². The molecule has 0 spiro atoms. The number of hydrogen-bond acceptors (Lipinski definition) is 2. The lowest BCUT2D eigenvalue weighted by molar-refractivity contribution is 0.0691. The molecule has 0 heterocycles. The van der Waals surface area contributed by atoms with E-state index in [0.717, 1.165) is 6.42 Å². The standard InChI is InChI=1S/C14H19NO3/c1-14(2,3)8-9-15-12(16)10-6-4-5-7-11(10)13(17)18/h4-7H,8-9H2,1-3H3,(H,15,16)(H,17,18). The number of carboxylic acids is 1. The molecule has 0 aliphatic rings.